The Balaban J connectivity index is 2.01. The summed E-state index contributed by atoms with van der Waals surface area (Å²) in [5.74, 6) is -1.17. The summed E-state index contributed by atoms with van der Waals surface area (Å²) >= 11 is 13.1. The molecule has 1 unspecified atom stereocenters. The fraction of sp³-hybridized carbons (Fsp3) is 0.286. The number of benzene rings is 2. The third-order valence-electron chi connectivity index (χ3n) is 3.76. The number of carbonyl (C=O) groups is 3. The van der Waals surface area contributed by atoms with Gasteiger partial charge in [0.15, 0.2) is 6.10 Å². The molecule has 6 nitrogen and oxygen atoms in total. The molecule has 2 amide bonds. The number of hydrogen-bond acceptors (Lipinski definition) is 5. The highest BCUT2D eigenvalue weighted by Gasteiger charge is 2.22. The summed E-state index contributed by atoms with van der Waals surface area (Å²) in [6.45, 7) is 5.21. The van der Waals surface area contributed by atoms with E-state index in [0.29, 0.717) is 15.6 Å². The van der Waals surface area contributed by atoms with Gasteiger partial charge in [0.1, 0.15) is 0 Å². The molecule has 0 heterocycles. The van der Waals surface area contributed by atoms with Gasteiger partial charge in [-0.05, 0) is 51.1 Å². The molecule has 2 N–H and O–H groups in total. The van der Waals surface area contributed by atoms with Crippen LogP contribution in [0.15, 0.2) is 47.4 Å². The number of amides is 2. The molecule has 0 saturated heterocycles. The quantitative estimate of drug-likeness (QED) is 0.429. The molecule has 2 rings (SSSR count). The molecule has 9 heteroatoms. The predicted octanol–water partition coefficient (Wildman–Crippen LogP) is 4.79. The van der Waals surface area contributed by atoms with E-state index in [2.05, 4.69) is 10.6 Å². The van der Waals surface area contributed by atoms with Crippen molar-refractivity contribution in [3.8, 4) is 0 Å². The van der Waals surface area contributed by atoms with E-state index >= 15 is 0 Å². The van der Waals surface area contributed by atoms with Gasteiger partial charge in [-0.1, -0.05) is 35.3 Å². The van der Waals surface area contributed by atoms with Crippen molar-refractivity contribution in [1.82, 2.24) is 5.32 Å². The molecule has 2 aromatic carbocycles. The molecule has 0 aliphatic carbocycles. The van der Waals surface area contributed by atoms with Crippen molar-refractivity contribution in [3.63, 3.8) is 0 Å². The molecule has 160 valence electrons. The molecule has 30 heavy (non-hydrogen) atoms. The number of halogens is 2. The summed E-state index contributed by atoms with van der Waals surface area (Å²) in [5.41, 5.74) is 0.644. The van der Waals surface area contributed by atoms with Gasteiger partial charge < -0.3 is 15.4 Å². The zero-order chi connectivity index (χ0) is 22.3. The van der Waals surface area contributed by atoms with Gasteiger partial charge in [-0.25, -0.2) is 4.79 Å². The molecule has 1 atom stereocenters. The van der Waals surface area contributed by atoms with Gasteiger partial charge in [0.05, 0.1) is 22.0 Å². The van der Waals surface area contributed by atoms with E-state index in [4.69, 9.17) is 27.9 Å². The van der Waals surface area contributed by atoms with E-state index in [9.17, 15) is 14.4 Å². The SMILES string of the molecule is CC(C)NC(=O)CSc1ccccc1C(=O)OC(C)C(=O)Nc1ccc(Cl)cc1Cl. The lowest BCUT2D eigenvalue weighted by Gasteiger charge is -2.15. The van der Waals surface area contributed by atoms with Crippen LogP contribution in [-0.2, 0) is 14.3 Å². The minimum absolute atomic E-state index is 0.0341. The number of hydrogen-bond donors (Lipinski definition) is 2. The topological polar surface area (TPSA) is 84.5 Å². The van der Waals surface area contributed by atoms with Crippen molar-refractivity contribution in [2.75, 3.05) is 11.1 Å². The van der Waals surface area contributed by atoms with Gasteiger partial charge >= 0.3 is 5.97 Å². The Morgan fingerprint density at radius 2 is 1.77 bits per heavy atom. The molecule has 2 aromatic rings. The van der Waals surface area contributed by atoms with Gasteiger partial charge in [-0.3, -0.25) is 9.59 Å². The molecule has 0 aliphatic rings. The maximum atomic E-state index is 12.6. The van der Waals surface area contributed by atoms with Gasteiger partial charge in [-0.2, -0.15) is 0 Å². The summed E-state index contributed by atoms with van der Waals surface area (Å²) < 4.78 is 5.31. The highest BCUT2D eigenvalue weighted by Crippen LogP contribution is 2.26. The minimum atomic E-state index is -1.06. The second-order valence-electron chi connectivity index (χ2n) is 6.67. The molecule has 0 aliphatic heterocycles. The summed E-state index contributed by atoms with van der Waals surface area (Å²) in [6.07, 6.45) is -1.06. The van der Waals surface area contributed by atoms with Crippen molar-refractivity contribution in [3.05, 3.63) is 58.1 Å². The van der Waals surface area contributed by atoms with E-state index in [0.717, 1.165) is 0 Å². The van der Waals surface area contributed by atoms with Gasteiger partial charge in [0.2, 0.25) is 5.91 Å². The van der Waals surface area contributed by atoms with E-state index in [-0.39, 0.29) is 28.3 Å². The van der Waals surface area contributed by atoms with Crippen LogP contribution < -0.4 is 10.6 Å². The fourth-order valence-corrected chi connectivity index (χ4v) is 3.68. The minimum Gasteiger partial charge on any atom is -0.449 e. The van der Waals surface area contributed by atoms with Crippen molar-refractivity contribution in [1.29, 1.82) is 0 Å². The van der Waals surface area contributed by atoms with Crippen LogP contribution in [-0.4, -0.2) is 35.7 Å². The van der Waals surface area contributed by atoms with Crippen LogP contribution in [0.1, 0.15) is 31.1 Å². The Labute approximate surface area is 189 Å². The normalized spacial score (nSPS) is 11.7. The summed E-state index contributed by atoms with van der Waals surface area (Å²) in [6, 6.07) is 11.4. The molecular weight excluding hydrogens is 447 g/mol. The monoisotopic (exact) mass is 468 g/mol. The summed E-state index contributed by atoms with van der Waals surface area (Å²) in [4.78, 5) is 37.5. The van der Waals surface area contributed by atoms with Crippen molar-refractivity contribution < 1.29 is 19.1 Å². The maximum absolute atomic E-state index is 12.6. The lowest BCUT2D eigenvalue weighted by Crippen LogP contribution is -2.31. The third kappa shape index (κ3) is 7.23. The summed E-state index contributed by atoms with van der Waals surface area (Å²) in [7, 11) is 0. The number of rotatable bonds is 8. The molecular formula is C21H22Cl2N2O4S. The van der Waals surface area contributed by atoms with Crippen LogP contribution >= 0.6 is 35.0 Å². The summed E-state index contributed by atoms with van der Waals surface area (Å²) in [5, 5.41) is 6.11. The molecule has 0 spiro atoms. The fourth-order valence-electron chi connectivity index (χ4n) is 2.37. The van der Waals surface area contributed by atoms with Gasteiger partial charge in [0.25, 0.3) is 5.91 Å². The Morgan fingerprint density at radius 1 is 1.07 bits per heavy atom. The molecule has 0 fully saturated rings. The van der Waals surface area contributed by atoms with E-state index < -0.39 is 18.0 Å². The van der Waals surface area contributed by atoms with Crippen LogP contribution in [0.25, 0.3) is 0 Å². The zero-order valence-corrected chi connectivity index (χ0v) is 19.0. The number of carbonyl (C=O) groups excluding carboxylic acids is 3. The van der Waals surface area contributed by atoms with E-state index in [1.54, 1.807) is 36.4 Å². The van der Waals surface area contributed by atoms with Crippen LogP contribution in [0.3, 0.4) is 0 Å². The molecule has 0 aromatic heterocycles. The predicted molar refractivity (Wildman–Crippen MR) is 120 cm³/mol. The Bertz CT molecular complexity index is 937. The lowest BCUT2D eigenvalue weighted by atomic mass is 10.2. The highest BCUT2D eigenvalue weighted by molar-refractivity contribution is 8.00. The first kappa shape index (κ1) is 24.1. The van der Waals surface area contributed by atoms with Crippen molar-refractivity contribution in [2.45, 2.75) is 37.8 Å². The molecule has 0 bridgehead atoms. The number of nitrogens with one attached hydrogen (secondary N) is 2. The standard InChI is InChI=1S/C21H22Cl2N2O4S/c1-12(2)24-19(26)11-30-18-7-5-4-6-15(18)21(28)29-13(3)20(27)25-17-9-8-14(22)10-16(17)23/h4-10,12-13H,11H2,1-3H3,(H,24,26)(H,25,27). The molecule has 0 radical (unpaired) electrons. The van der Waals surface area contributed by atoms with E-state index in [1.807, 2.05) is 13.8 Å². The third-order valence-corrected chi connectivity index (χ3v) is 5.38. The average molecular weight is 469 g/mol. The van der Waals surface area contributed by atoms with Gasteiger partial charge in [-0.15, -0.1) is 11.8 Å². The molecule has 0 saturated carbocycles. The first-order valence-corrected chi connectivity index (χ1v) is 10.9. The van der Waals surface area contributed by atoms with Crippen LogP contribution in [0, 0.1) is 0 Å². The van der Waals surface area contributed by atoms with Crippen LogP contribution in [0.4, 0.5) is 5.69 Å². The highest BCUT2D eigenvalue weighted by atomic mass is 35.5. The van der Waals surface area contributed by atoms with Gasteiger partial charge in [0, 0.05) is 16.0 Å². The smallest absolute Gasteiger partial charge is 0.340 e. The van der Waals surface area contributed by atoms with Crippen molar-refractivity contribution in [2.24, 2.45) is 0 Å². The average Bonchev–Trinajstić information content (AvgIpc) is 2.68. The Kier molecular flexibility index (Phi) is 9.02. The van der Waals surface area contributed by atoms with E-state index in [1.165, 1.54) is 24.8 Å². The number of ether oxygens (including phenoxy) is 1. The maximum Gasteiger partial charge on any atom is 0.340 e. The lowest BCUT2D eigenvalue weighted by molar-refractivity contribution is -0.123. The number of thioether (sulfide) groups is 1. The zero-order valence-electron chi connectivity index (χ0n) is 16.7. The number of esters is 1. The number of anilines is 1. The van der Waals surface area contributed by atoms with Crippen LogP contribution in [0.5, 0.6) is 0 Å². The largest absolute Gasteiger partial charge is 0.449 e. The Hall–Kier alpha value is -2.22. The first-order valence-electron chi connectivity index (χ1n) is 9.15. The first-order chi connectivity index (χ1) is 14.2. The second-order valence-corrected chi connectivity index (χ2v) is 8.53. The second kappa shape index (κ2) is 11.2. The Morgan fingerprint density at radius 3 is 2.43 bits per heavy atom. The van der Waals surface area contributed by atoms with Crippen molar-refractivity contribution >= 4 is 58.4 Å². The van der Waals surface area contributed by atoms with Crippen LogP contribution in [0.2, 0.25) is 10.0 Å².